The SMILES string of the molecule is C/C=C(\C=C/CCl)NCNc1ccc(Oc2ccnc(C(=O)NCCCN3CCOCC3)c2)cc1N. The second kappa shape index (κ2) is 15.0. The summed E-state index contributed by atoms with van der Waals surface area (Å²) >= 11 is 5.69. The number of nitrogens with two attached hydrogens (primary N) is 1. The van der Waals surface area contributed by atoms with Crippen LogP contribution >= 0.6 is 11.6 Å². The van der Waals surface area contributed by atoms with Crippen molar-refractivity contribution >= 4 is 28.9 Å². The summed E-state index contributed by atoms with van der Waals surface area (Å²) in [6.45, 7) is 7.39. The maximum absolute atomic E-state index is 12.5. The molecule has 36 heavy (non-hydrogen) atoms. The Hall–Kier alpha value is -3.27. The van der Waals surface area contributed by atoms with Crippen LogP contribution in [-0.2, 0) is 4.74 Å². The van der Waals surface area contributed by atoms with Crippen molar-refractivity contribution in [1.29, 1.82) is 0 Å². The van der Waals surface area contributed by atoms with Crippen LogP contribution < -0.4 is 26.4 Å². The number of allylic oxidation sites excluding steroid dienone is 3. The van der Waals surface area contributed by atoms with E-state index < -0.39 is 0 Å². The Bertz CT molecular complexity index is 1040. The predicted octanol–water partition coefficient (Wildman–Crippen LogP) is 3.57. The number of benzene rings is 1. The molecule has 2 aromatic rings. The molecule has 0 saturated carbocycles. The van der Waals surface area contributed by atoms with Gasteiger partial charge in [0.05, 0.1) is 31.3 Å². The minimum absolute atomic E-state index is 0.227. The lowest BCUT2D eigenvalue weighted by Gasteiger charge is -2.26. The summed E-state index contributed by atoms with van der Waals surface area (Å²) in [6, 6.07) is 8.72. The number of amides is 1. The molecular formula is C26H35ClN6O3. The summed E-state index contributed by atoms with van der Waals surface area (Å²) in [5.41, 5.74) is 8.78. The number of nitrogen functional groups attached to an aromatic ring is 1. The zero-order chi connectivity index (χ0) is 25.6. The number of aromatic nitrogens is 1. The maximum atomic E-state index is 12.5. The highest BCUT2D eigenvalue weighted by Crippen LogP contribution is 2.28. The highest BCUT2D eigenvalue weighted by molar-refractivity contribution is 6.18. The van der Waals surface area contributed by atoms with Gasteiger partial charge in [0.25, 0.3) is 5.91 Å². The molecule has 194 valence electrons. The van der Waals surface area contributed by atoms with Crippen LogP contribution in [0.2, 0.25) is 0 Å². The third-order valence-corrected chi connectivity index (χ3v) is 5.71. The number of ether oxygens (including phenoxy) is 2. The molecule has 2 heterocycles. The molecule has 1 aromatic carbocycles. The number of anilines is 2. The van der Waals surface area contributed by atoms with Gasteiger partial charge in [0.1, 0.15) is 17.2 Å². The number of nitrogens with zero attached hydrogens (tertiary/aromatic N) is 2. The fourth-order valence-electron chi connectivity index (χ4n) is 3.59. The average molecular weight is 515 g/mol. The third kappa shape index (κ3) is 9.07. The molecule has 1 amide bonds. The van der Waals surface area contributed by atoms with E-state index in [1.807, 2.05) is 37.3 Å². The van der Waals surface area contributed by atoms with Crippen molar-refractivity contribution in [2.75, 3.05) is 63.0 Å². The number of morpholine rings is 1. The Labute approximate surface area is 217 Å². The molecule has 9 nitrogen and oxygen atoms in total. The lowest BCUT2D eigenvalue weighted by atomic mass is 10.2. The standard InChI is InChI=1S/C26H35ClN6O3/c1-2-20(5-3-9-27)31-19-32-24-7-6-21(17-23(24)28)36-22-8-11-29-25(18-22)26(34)30-10-4-12-33-13-15-35-16-14-33/h2-3,5-8,11,17-18,31-32H,4,9-10,12-16,19,28H2,1H3,(H,30,34)/b5-3-,20-2+. The van der Waals surface area contributed by atoms with Crippen molar-refractivity contribution < 1.29 is 14.3 Å². The van der Waals surface area contributed by atoms with Crippen molar-refractivity contribution in [3.63, 3.8) is 0 Å². The largest absolute Gasteiger partial charge is 0.457 e. The summed E-state index contributed by atoms with van der Waals surface area (Å²) in [5, 5.41) is 9.42. The van der Waals surface area contributed by atoms with Gasteiger partial charge in [-0.1, -0.05) is 12.2 Å². The fourth-order valence-corrected chi connectivity index (χ4v) is 3.68. The zero-order valence-corrected chi connectivity index (χ0v) is 21.4. The van der Waals surface area contributed by atoms with E-state index in [1.165, 1.54) is 0 Å². The van der Waals surface area contributed by atoms with E-state index in [0.717, 1.165) is 50.7 Å². The number of rotatable bonds is 13. The van der Waals surface area contributed by atoms with E-state index in [-0.39, 0.29) is 5.91 Å². The Kier molecular flexibility index (Phi) is 11.4. The van der Waals surface area contributed by atoms with Gasteiger partial charge in [0, 0.05) is 49.5 Å². The van der Waals surface area contributed by atoms with Crippen LogP contribution in [0.4, 0.5) is 11.4 Å². The molecule has 0 atom stereocenters. The van der Waals surface area contributed by atoms with E-state index >= 15 is 0 Å². The van der Waals surface area contributed by atoms with Crippen LogP contribution in [0.1, 0.15) is 23.8 Å². The number of carbonyl (C=O) groups is 1. The van der Waals surface area contributed by atoms with Gasteiger partial charge < -0.3 is 31.2 Å². The van der Waals surface area contributed by atoms with Gasteiger partial charge in [-0.05, 0) is 44.2 Å². The van der Waals surface area contributed by atoms with E-state index in [4.69, 9.17) is 26.8 Å². The summed E-state index contributed by atoms with van der Waals surface area (Å²) in [7, 11) is 0. The second-order valence-electron chi connectivity index (χ2n) is 8.12. The molecular weight excluding hydrogens is 480 g/mol. The first-order chi connectivity index (χ1) is 17.6. The first-order valence-corrected chi connectivity index (χ1v) is 12.6. The van der Waals surface area contributed by atoms with Crippen LogP contribution in [0.3, 0.4) is 0 Å². The molecule has 5 N–H and O–H groups in total. The molecule has 0 spiro atoms. The Morgan fingerprint density at radius 3 is 2.78 bits per heavy atom. The number of halogens is 1. The monoisotopic (exact) mass is 514 g/mol. The summed E-state index contributed by atoms with van der Waals surface area (Å²) in [6.07, 6.45) is 8.17. The first-order valence-electron chi connectivity index (χ1n) is 12.1. The van der Waals surface area contributed by atoms with Crippen molar-refractivity contribution in [3.8, 4) is 11.5 Å². The molecule has 10 heteroatoms. The molecule has 3 rings (SSSR count). The molecule has 1 aliphatic heterocycles. The number of hydrogen-bond acceptors (Lipinski definition) is 8. The Morgan fingerprint density at radius 1 is 1.22 bits per heavy atom. The molecule has 0 aliphatic carbocycles. The summed E-state index contributed by atoms with van der Waals surface area (Å²) < 4.78 is 11.3. The molecule has 0 radical (unpaired) electrons. The van der Waals surface area contributed by atoms with E-state index in [9.17, 15) is 4.79 Å². The Balaban J connectivity index is 1.47. The molecule has 1 aromatic heterocycles. The normalized spacial score (nSPS) is 14.6. The van der Waals surface area contributed by atoms with Crippen LogP contribution in [0.5, 0.6) is 11.5 Å². The van der Waals surface area contributed by atoms with Crippen LogP contribution in [0, 0.1) is 0 Å². The third-order valence-electron chi connectivity index (χ3n) is 5.53. The zero-order valence-electron chi connectivity index (χ0n) is 20.6. The van der Waals surface area contributed by atoms with Crippen molar-refractivity contribution in [2.45, 2.75) is 13.3 Å². The van der Waals surface area contributed by atoms with Gasteiger partial charge in [0.2, 0.25) is 0 Å². The average Bonchev–Trinajstić information content (AvgIpc) is 2.90. The number of pyridine rings is 1. The predicted molar refractivity (Wildman–Crippen MR) is 145 cm³/mol. The van der Waals surface area contributed by atoms with Crippen LogP contribution in [-0.4, -0.2) is 67.7 Å². The van der Waals surface area contributed by atoms with E-state index in [0.29, 0.717) is 42.0 Å². The first kappa shape index (κ1) is 27.3. The quantitative estimate of drug-likeness (QED) is 0.105. The lowest BCUT2D eigenvalue weighted by Crippen LogP contribution is -2.38. The van der Waals surface area contributed by atoms with Gasteiger partial charge in [-0.3, -0.25) is 14.7 Å². The van der Waals surface area contributed by atoms with Gasteiger partial charge in [-0.15, -0.1) is 11.6 Å². The fraction of sp³-hybridized carbons (Fsp3) is 0.385. The Morgan fingerprint density at radius 2 is 2.03 bits per heavy atom. The number of nitrogens with one attached hydrogen (secondary N) is 3. The molecule has 0 bridgehead atoms. The van der Waals surface area contributed by atoms with Crippen molar-refractivity contribution in [3.05, 3.63) is 66.1 Å². The summed E-state index contributed by atoms with van der Waals surface area (Å²) in [5.74, 6) is 1.30. The van der Waals surface area contributed by atoms with Gasteiger partial charge in [0.15, 0.2) is 0 Å². The summed E-state index contributed by atoms with van der Waals surface area (Å²) in [4.78, 5) is 19.0. The van der Waals surface area contributed by atoms with Crippen molar-refractivity contribution in [1.82, 2.24) is 20.5 Å². The molecule has 0 unspecified atom stereocenters. The van der Waals surface area contributed by atoms with Crippen LogP contribution in [0.15, 0.2) is 60.5 Å². The van der Waals surface area contributed by atoms with E-state index in [1.54, 1.807) is 24.4 Å². The molecule has 1 fully saturated rings. The van der Waals surface area contributed by atoms with Gasteiger partial charge in [-0.2, -0.15) is 0 Å². The van der Waals surface area contributed by atoms with Gasteiger partial charge >= 0.3 is 0 Å². The highest BCUT2D eigenvalue weighted by Gasteiger charge is 2.12. The van der Waals surface area contributed by atoms with Crippen molar-refractivity contribution in [2.24, 2.45) is 0 Å². The van der Waals surface area contributed by atoms with Crippen LogP contribution in [0.25, 0.3) is 0 Å². The topological polar surface area (TPSA) is 114 Å². The highest BCUT2D eigenvalue weighted by atomic mass is 35.5. The number of carbonyl (C=O) groups excluding carboxylic acids is 1. The minimum Gasteiger partial charge on any atom is -0.457 e. The smallest absolute Gasteiger partial charge is 0.270 e. The maximum Gasteiger partial charge on any atom is 0.270 e. The lowest BCUT2D eigenvalue weighted by molar-refractivity contribution is 0.0374. The number of alkyl halides is 1. The van der Waals surface area contributed by atoms with E-state index in [2.05, 4.69) is 25.8 Å². The molecule has 1 aliphatic rings. The molecule has 1 saturated heterocycles. The second-order valence-corrected chi connectivity index (χ2v) is 8.43. The minimum atomic E-state index is -0.227. The van der Waals surface area contributed by atoms with Gasteiger partial charge in [-0.25, -0.2) is 0 Å². The number of hydrogen-bond donors (Lipinski definition) is 4.